The third kappa shape index (κ3) is 2.59. The van der Waals surface area contributed by atoms with E-state index in [-0.39, 0.29) is 5.76 Å². The van der Waals surface area contributed by atoms with Crippen molar-refractivity contribution in [3.63, 3.8) is 0 Å². The molecule has 2 aliphatic heterocycles. The molecule has 1 aromatic carbocycles. The van der Waals surface area contributed by atoms with Crippen molar-refractivity contribution in [2.45, 2.75) is 4.90 Å². The van der Waals surface area contributed by atoms with Gasteiger partial charge in [-0.3, -0.25) is 4.99 Å². The molecule has 5 nitrogen and oxygen atoms in total. The second-order valence-electron chi connectivity index (χ2n) is 4.35. The smallest absolute Gasteiger partial charge is 0.342 e. The normalized spacial score (nSPS) is 17.1. The van der Waals surface area contributed by atoms with Gasteiger partial charge in [-0.05, 0) is 18.2 Å². The van der Waals surface area contributed by atoms with Crippen molar-refractivity contribution < 1.29 is 17.0 Å². The lowest BCUT2D eigenvalue weighted by Gasteiger charge is -2.26. The number of nitrogens with zero attached hydrogens (tertiary/aromatic N) is 2. The molecule has 7 heteroatoms. The van der Waals surface area contributed by atoms with Gasteiger partial charge in [-0.2, -0.15) is 8.42 Å². The van der Waals surface area contributed by atoms with Gasteiger partial charge >= 0.3 is 10.1 Å². The van der Waals surface area contributed by atoms with E-state index in [2.05, 4.69) is 4.99 Å². The Morgan fingerprint density at radius 3 is 2.90 bits per heavy atom. The summed E-state index contributed by atoms with van der Waals surface area (Å²) in [5.41, 5.74) is 0.514. The third-order valence-electron chi connectivity index (χ3n) is 2.97. The summed E-state index contributed by atoms with van der Waals surface area (Å²) >= 11 is 0. The Hall–Kier alpha value is -2.41. The van der Waals surface area contributed by atoms with Crippen LogP contribution in [0.2, 0.25) is 0 Å². The van der Waals surface area contributed by atoms with Crippen LogP contribution in [0.3, 0.4) is 0 Å². The largest absolute Gasteiger partial charge is 0.377 e. The van der Waals surface area contributed by atoms with Crippen LogP contribution < -0.4 is 0 Å². The summed E-state index contributed by atoms with van der Waals surface area (Å²) in [4.78, 5) is 5.23. The lowest BCUT2D eigenvalue weighted by atomic mass is 10.2. The number of hydrogen-bond acceptors (Lipinski definition) is 5. The maximum Gasteiger partial charge on any atom is 0.342 e. The van der Waals surface area contributed by atoms with Crippen molar-refractivity contribution >= 4 is 16.3 Å². The molecule has 0 aromatic heterocycles. The van der Waals surface area contributed by atoms with E-state index < -0.39 is 20.8 Å². The zero-order chi connectivity index (χ0) is 14.9. The lowest BCUT2D eigenvalue weighted by Crippen LogP contribution is -2.25. The zero-order valence-electron chi connectivity index (χ0n) is 10.8. The number of rotatable bonds is 3. The number of benzene rings is 1. The van der Waals surface area contributed by atoms with Gasteiger partial charge in [0.15, 0.2) is 5.76 Å². The van der Waals surface area contributed by atoms with Crippen molar-refractivity contribution in [2.24, 2.45) is 4.99 Å². The predicted octanol–water partition coefficient (Wildman–Crippen LogP) is 2.17. The molecule has 0 N–H and O–H groups in total. The molecule has 0 saturated heterocycles. The molecule has 0 aliphatic carbocycles. The van der Waals surface area contributed by atoms with Crippen LogP contribution in [0.25, 0.3) is 0 Å². The number of hydrogen-bond donors (Lipinski definition) is 0. The fraction of sp³-hybridized carbons (Fsp3) is 0.0714. The molecule has 21 heavy (non-hydrogen) atoms. The van der Waals surface area contributed by atoms with E-state index in [4.69, 9.17) is 4.18 Å². The van der Waals surface area contributed by atoms with Crippen LogP contribution in [-0.4, -0.2) is 26.1 Å². The minimum Gasteiger partial charge on any atom is -0.377 e. The van der Waals surface area contributed by atoms with Gasteiger partial charge < -0.3 is 9.08 Å². The quantitative estimate of drug-likeness (QED) is 0.803. The van der Waals surface area contributed by atoms with Gasteiger partial charge in [0, 0.05) is 18.9 Å². The third-order valence-corrected chi connectivity index (χ3v) is 4.24. The molecule has 0 amide bonds. The summed E-state index contributed by atoms with van der Waals surface area (Å²) in [6.45, 7) is 0.588. The molecule has 2 heterocycles. The minimum absolute atomic E-state index is 0.109. The van der Waals surface area contributed by atoms with Crippen LogP contribution in [0.5, 0.6) is 0 Å². The van der Waals surface area contributed by atoms with Gasteiger partial charge in [0.25, 0.3) is 0 Å². The Morgan fingerprint density at radius 2 is 2.10 bits per heavy atom. The van der Waals surface area contributed by atoms with Crippen molar-refractivity contribution in [3.05, 3.63) is 66.1 Å². The van der Waals surface area contributed by atoms with Gasteiger partial charge in [0.1, 0.15) is 16.4 Å². The van der Waals surface area contributed by atoms with Gasteiger partial charge in [-0.25, -0.2) is 4.39 Å². The van der Waals surface area contributed by atoms with E-state index in [9.17, 15) is 12.8 Å². The standard InChI is InChI=1S/C14H11FN2O3S/c15-11-4-1-2-6-14(11)21(18,19)20-13-5-3-8-17-9-7-16-10-12(13)17/h1-7,9-10H,8H2. The fourth-order valence-corrected chi connectivity index (χ4v) is 3.01. The van der Waals surface area contributed by atoms with Crippen LogP contribution in [0.15, 0.2) is 70.2 Å². The molecule has 3 rings (SSSR count). The maximum atomic E-state index is 13.6. The van der Waals surface area contributed by atoms with Crippen LogP contribution in [0, 0.1) is 5.82 Å². The highest BCUT2D eigenvalue weighted by Gasteiger charge is 2.25. The summed E-state index contributed by atoms with van der Waals surface area (Å²) < 4.78 is 43.1. The van der Waals surface area contributed by atoms with Crippen LogP contribution in [0.4, 0.5) is 4.39 Å². The van der Waals surface area contributed by atoms with E-state index in [1.165, 1.54) is 24.4 Å². The van der Waals surface area contributed by atoms with E-state index in [1.54, 1.807) is 23.4 Å². The highest BCUT2D eigenvalue weighted by molar-refractivity contribution is 7.86. The van der Waals surface area contributed by atoms with Crippen LogP contribution in [-0.2, 0) is 14.3 Å². The Morgan fingerprint density at radius 1 is 1.29 bits per heavy atom. The Balaban J connectivity index is 1.98. The summed E-state index contributed by atoms with van der Waals surface area (Å²) in [6.07, 6.45) is 8.08. The summed E-state index contributed by atoms with van der Waals surface area (Å²) in [6, 6.07) is 5.08. The first-order chi connectivity index (χ1) is 10.1. The second-order valence-corrected chi connectivity index (χ2v) is 5.86. The van der Waals surface area contributed by atoms with Crippen molar-refractivity contribution in [1.82, 2.24) is 4.90 Å². The van der Waals surface area contributed by atoms with Gasteiger partial charge in [-0.15, -0.1) is 0 Å². The number of halogens is 1. The molecule has 0 fully saturated rings. The first-order valence-electron chi connectivity index (χ1n) is 6.14. The van der Waals surface area contributed by atoms with E-state index in [0.29, 0.717) is 12.2 Å². The summed E-state index contributed by atoms with van der Waals surface area (Å²) in [5, 5.41) is 0. The molecule has 0 spiro atoms. The number of allylic oxidation sites excluding steroid dienone is 2. The highest BCUT2D eigenvalue weighted by Crippen LogP contribution is 2.25. The van der Waals surface area contributed by atoms with Crippen LogP contribution >= 0.6 is 0 Å². The van der Waals surface area contributed by atoms with Crippen molar-refractivity contribution in [1.29, 1.82) is 0 Å². The minimum atomic E-state index is -4.24. The van der Waals surface area contributed by atoms with E-state index >= 15 is 0 Å². The molecular formula is C14H11FN2O3S. The van der Waals surface area contributed by atoms with E-state index in [0.717, 1.165) is 12.1 Å². The van der Waals surface area contributed by atoms with Crippen molar-refractivity contribution in [2.75, 3.05) is 6.54 Å². The topological polar surface area (TPSA) is 59.0 Å². The maximum absolute atomic E-state index is 13.6. The van der Waals surface area contributed by atoms with E-state index in [1.807, 2.05) is 0 Å². The molecule has 0 bridgehead atoms. The lowest BCUT2D eigenvalue weighted by molar-refractivity contribution is 0.388. The van der Waals surface area contributed by atoms with Crippen LogP contribution in [0.1, 0.15) is 0 Å². The molecule has 1 aromatic rings. The zero-order valence-corrected chi connectivity index (χ0v) is 11.6. The molecule has 2 aliphatic rings. The molecule has 0 atom stereocenters. The second kappa shape index (κ2) is 5.17. The Labute approximate surface area is 121 Å². The molecule has 0 unspecified atom stereocenters. The molecule has 108 valence electrons. The van der Waals surface area contributed by atoms with Gasteiger partial charge in [0.05, 0.1) is 6.21 Å². The SMILES string of the molecule is O=S(=O)(OC1=C2C=NC=CN2CC=C1)c1ccccc1F. The average molecular weight is 306 g/mol. The monoisotopic (exact) mass is 306 g/mol. The molecule has 0 radical (unpaired) electrons. The summed E-state index contributed by atoms with van der Waals surface area (Å²) in [7, 11) is -4.24. The summed E-state index contributed by atoms with van der Waals surface area (Å²) in [5.74, 6) is -0.741. The Kier molecular flexibility index (Phi) is 3.34. The molecule has 0 saturated carbocycles. The fourth-order valence-electron chi connectivity index (χ4n) is 1.99. The van der Waals surface area contributed by atoms with Gasteiger partial charge in [-0.1, -0.05) is 18.2 Å². The first kappa shape index (κ1) is 13.6. The Bertz CT molecular complexity index is 794. The number of fused-ring (bicyclic) bond motifs is 1. The predicted molar refractivity (Wildman–Crippen MR) is 75.2 cm³/mol. The first-order valence-corrected chi connectivity index (χ1v) is 7.55. The molecular weight excluding hydrogens is 295 g/mol. The highest BCUT2D eigenvalue weighted by atomic mass is 32.2. The average Bonchev–Trinajstić information content (AvgIpc) is 2.47. The number of aliphatic imine (C=N–C) groups is 1. The van der Waals surface area contributed by atoms with Crippen molar-refractivity contribution in [3.8, 4) is 0 Å². The van der Waals surface area contributed by atoms with Gasteiger partial charge in [0.2, 0.25) is 0 Å².